The molecule has 4 rings (SSSR count). The van der Waals surface area contributed by atoms with Gasteiger partial charge >= 0.3 is 5.97 Å². The first-order chi connectivity index (χ1) is 16.6. The number of carbonyl (C=O) groups is 2. The molecular weight excluding hydrogens is 509 g/mol. The molecule has 5 nitrogen and oxygen atoms in total. The van der Waals surface area contributed by atoms with E-state index in [2.05, 4.69) is 0 Å². The second kappa shape index (κ2) is 10.5. The minimum absolute atomic E-state index is 0.0926. The Morgan fingerprint density at radius 1 is 1.06 bits per heavy atom. The highest BCUT2D eigenvalue weighted by Crippen LogP contribution is 2.39. The normalized spacial score (nSPS) is 16.5. The van der Waals surface area contributed by atoms with Gasteiger partial charge in [-0.2, -0.15) is 0 Å². The molecule has 8 heteroatoms. The Balaban J connectivity index is 1.53. The van der Waals surface area contributed by atoms with Crippen molar-refractivity contribution in [2.45, 2.75) is 38.3 Å². The zero-order valence-electron chi connectivity index (χ0n) is 19.1. The van der Waals surface area contributed by atoms with E-state index in [1.54, 1.807) is 35.2 Å². The Hall–Kier alpha value is -2.73. The van der Waals surface area contributed by atoms with Crippen molar-refractivity contribution in [3.63, 3.8) is 0 Å². The quantitative estimate of drug-likeness (QED) is 0.350. The van der Waals surface area contributed by atoms with E-state index in [0.29, 0.717) is 33.5 Å². The molecule has 3 aromatic rings. The molecule has 0 saturated heterocycles. The van der Waals surface area contributed by atoms with E-state index >= 15 is 0 Å². The van der Waals surface area contributed by atoms with Crippen LogP contribution >= 0.6 is 34.8 Å². The van der Waals surface area contributed by atoms with Gasteiger partial charge in [-0.15, -0.1) is 0 Å². The second-order valence-corrected chi connectivity index (χ2v) is 10.2. The van der Waals surface area contributed by atoms with E-state index in [9.17, 15) is 9.59 Å². The molecule has 0 bridgehead atoms. The Morgan fingerprint density at radius 3 is 2.51 bits per heavy atom. The lowest BCUT2D eigenvalue weighted by atomic mass is 9.91. The van der Waals surface area contributed by atoms with E-state index in [4.69, 9.17) is 44.6 Å². The van der Waals surface area contributed by atoms with Gasteiger partial charge in [-0.25, -0.2) is 0 Å². The Labute approximate surface area is 219 Å². The van der Waals surface area contributed by atoms with Crippen LogP contribution in [0.5, 0.6) is 5.75 Å². The third-order valence-corrected chi connectivity index (χ3v) is 7.10. The van der Waals surface area contributed by atoms with E-state index < -0.39 is 11.6 Å². The minimum atomic E-state index is -0.961. The maximum absolute atomic E-state index is 13.4. The fraction of sp³-hybridized carbons (Fsp3) is 0.259. The van der Waals surface area contributed by atoms with E-state index in [0.717, 1.165) is 22.4 Å². The maximum Gasteiger partial charge on any atom is 0.305 e. The zero-order chi connectivity index (χ0) is 25.2. The molecule has 35 heavy (non-hydrogen) atoms. The molecule has 182 valence electrons. The van der Waals surface area contributed by atoms with Gasteiger partial charge in [-0.3, -0.25) is 9.59 Å². The summed E-state index contributed by atoms with van der Waals surface area (Å²) in [6.45, 7) is 2.38. The molecule has 1 aliphatic rings. The lowest BCUT2D eigenvalue weighted by molar-refractivity contribution is -0.137. The van der Waals surface area contributed by atoms with E-state index in [1.807, 2.05) is 37.3 Å². The predicted octanol–water partition coefficient (Wildman–Crippen LogP) is 6.70. The summed E-state index contributed by atoms with van der Waals surface area (Å²) >= 11 is 18.5. The highest BCUT2D eigenvalue weighted by atomic mass is 35.5. The fourth-order valence-electron chi connectivity index (χ4n) is 4.32. The number of hydrogen-bond donors (Lipinski definition) is 1. The van der Waals surface area contributed by atoms with Gasteiger partial charge in [0.1, 0.15) is 11.4 Å². The summed E-state index contributed by atoms with van der Waals surface area (Å²) in [6.07, 6.45) is 1.01. The van der Waals surface area contributed by atoms with Crippen molar-refractivity contribution in [1.29, 1.82) is 0 Å². The van der Waals surface area contributed by atoms with Gasteiger partial charge in [-0.1, -0.05) is 59.1 Å². The Kier molecular flexibility index (Phi) is 7.60. The first-order valence-corrected chi connectivity index (χ1v) is 12.3. The molecule has 1 atom stereocenters. The predicted molar refractivity (Wildman–Crippen MR) is 138 cm³/mol. The summed E-state index contributed by atoms with van der Waals surface area (Å²) < 4.78 is 6.26. The van der Waals surface area contributed by atoms with Crippen LogP contribution in [0.2, 0.25) is 15.1 Å². The average Bonchev–Trinajstić information content (AvgIpc) is 3.15. The average molecular weight is 533 g/mol. The number of fused-ring (bicyclic) bond motifs is 1. The Morgan fingerprint density at radius 2 is 1.80 bits per heavy atom. The van der Waals surface area contributed by atoms with Crippen molar-refractivity contribution in [2.24, 2.45) is 0 Å². The lowest BCUT2D eigenvalue weighted by Gasteiger charge is -2.24. The van der Waals surface area contributed by atoms with Gasteiger partial charge in [0.15, 0.2) is 0 Å². The number of rotatable bonds is 8. The highest BCUT2D eigenvalue weighted by Gasteiger charge is 2.36. The molecular formula is C27H24Cl3NO4. The molecule has 1 amide bonds. The fourth-order valence-corrected chi connectivity index (χ4v) is 4.83. The second-order valence-electron chi connectivity index (χ2n) is 8.94. The van der Waals surface area contributed by atoms with Gasteiger partial charge in [0, 0.05) is 36.5 Å². The standard InChI is InChI=1S/C27H24Cl3NO4/c1-27(14-19-3-2-4-22(29)25(19)30)15-20-13-18(7-10-23(20)35-27)26(34)31(12-11-24(32)33)16-17-5-8-21(28)9-6-17/h2-10,13H,11-12,14-16H2,1H3,(H,32,33). The van der Waals surface area contributed by atoms with Crippen LogP contribution in [0.1, 0.15) is 40.4 Å². The topological polar surface area (TPSA) is 66.8 Å². The highest BCUT2D eigenvalue weighted by molar-refractivity contribution is 6.42. The van der Waals surface area contributed by atoms with Gasteiger partial charge in [-0.05, 0) is 60.0 Å². The number of carboxylic acid groups (broad SMARTS) is 1. The van der Waals surface area contributed by atoms with Crippen LogP contribution in [0.3, 0.4) is 0 Å². The molecule has 0 aliphatic carbocycles. The summed E-state index contributed by atoms with van der Waals surface area (Å²) in [5, 5.41) is 10.8. The van der Waals surface area contributed by atoms with Crippen LogP contribution in [0, 0.1) is 0 Å². The molecule has 0 spiro atoms. The largest absolute Gasteiger partial charge is 0.487 e. The molecule has 1 N–H and O–H groups in total. The molecule has 0 aromatic heterocycles. The van der Waals surface area contributed by atoms with Gasteiger partial charge in [0.25, 0.3) is 5.91 Å². The van der Waals surface area contributed by atoms with Gasteiger partial charge in [0.2, 0.25) is 0 Å². The monoisotopic (exact) mass is 531 g/mol. The molecule has 0 radical (unpaired) electrons. The summed E-state index contributed by atoms with van der Waals surface area (Å²) in [7, 11) is 0. The van der Waals surface area contributed by atoms with Gasteiger partial charge < -0.3 is 14.7 Å². The number of amides is 1. The molecule has 1 heterocycles. The van der Waals surface area contributed by atoms with Crippen molar-refractivity contribution in [1.82, 2.24) is 4.90 Å². The van der Waals surface area contributed by atoms with E-state index in [1.165, 1.54) is 0 Å². The molecule has 1 unspecified atom stereocenters. The number of carboxylic acids is 1. The summed E-state index contributed by atoms with van der Waals surface area (Å²) in [5.41, 5.74) is 2.63. The number of hydrogen-bond acceptors (Lipinski definition) is 3. The van der Waals surface area contributed by atoms with Crippen molar-refractivity contribution < 1.29 is 19.4 Å². The van der Waals surface area contributed by atoms with Gasteiger partial charge in [0.05, 0.1) is 16.5 Å². The number of benzene rings is 3. The number of ether oxygens (including phenoxy) is 1. The number of aliphatic carboxylic acids is 1. The maximum atomic E-state index is 13.4. The lowest BCUT2D eigenvalue weighted by Crippen LogP contribution is -2.33. The molecule has 0 fully saturated rings. The van der Waals surface area contributed by atoms with Crippen molar-refractivity contribution >= 4 is 46.7 Å². The molecule has 0 saturated carbocycles. The first-order valence-electron chi connectivity index (χ1n) is 11.1. The third-order valence-electron chi connectivity index (χ3n) is 5.99. The van der Waals surface area contributed by atoms with Crippen LogP contribution in [0.4, 0.5) is 0 Å². The number of carbonyl (C=O) groups excluding carboxylic acids is 1. The van der Waals surface area contributed by atoms with Crippen LogP contribution < -0.4 is 4.74 Å². The third kappa shape index (κ3) is 6.10. The summed E-state index contributed by atoms with van der Waals surface area (Å²) in [6, 6.07) is 18.0. The van der Waals surface area contributed by atoms with Crippen LogP contribution in [0.25, 0.3) is 0 Å². The van der Waals surface area contributed by atoms with Crippen LogP contribution in [-0.4, -0.2) is 34.0 Å². The van der Waals surface area contributed by atoms with E-state index in [-0.39, 0.29) is 25.4 Å². The van der Waals surface area contributed by atoms with Crippen LogP contribution in [0.15, 0.2) is 60.7 Å². The molecule has 3 aromatic carbocycles. The zero-order valence-corrected chi connectivity index (χ0v) is 21.3. The van der Waals surface area contributed by atoms with Crippen molar-refractivity contribution in [3.8, 4) is 5.75 Å². The smallest absolute Gasteiger partial charge is 0.305 e. The summed E-state index contributed by atoms with van der Waals surface area (Å²) in [4.78, 5) is 26.1. The van der Waals surface area contributed by atoms with Crippen LogP contribution in [-0.2, 0) is 24.2 Å². The molecule has 1 aliphatic heterocycles. The van der Waals surface area contributed by atoms with Crippen molar-refractivity contribution in [2.75, 3.05) is 6.54 Å². The minimum Gasteiger partial charge on any atom is -0.487 e. The number of halogens is 3. The van der Waals surface area contributed by atoms with Crippen molar-refractivity contribution in [3.05, 3.63) is 98.0 Å². The summed E-state index contributed by atoms with van der Waals surface area (Å²) in [5.74, 6) is -0.482. The SMILES string of the molecule is CC1(Cc2cccc(Cl)c2Cl)Cc2cc(C(=O)N(CCC(=O)O)Cc3ccc(Cl)cc3)ccc2O1. The Bertz CT molecular complexity index is 1260. The number of nitrogens with zero attached hydrogens (tertiary/aromatic N) is 1. The first kappa shape index (κ1) is 25.4.